The van der Waals surface area contributed by atoms with Crippen molar-refractivity contribution in [3.8, 4) is 0 Å². The van der Waals surface area contributed by atoms with Crippen LogP contribution < -0.4 is 10.5 Å². The van der Waals surface area contributed by atoms with E-state index in [9.17, 15) is 8.42 Å². The van der Waals surface area contributed by atoms with E-state index < -0.39 is 10.2 Å². The molecule has 2 unspecified atom stereocenters. The van der Waals surface area contributed by atoms with Crippen molar-refractivity contribution in [1.82, 2.24) is 9.03 Å². The van der Waals surface area contributed by atoms with Crippen LogP contribution in [0.3, 0.4) is 0 Å². The summed E-state index contributed by atoms with van der Waals surface area (Å²) < 4.78 is 29.4. The molecule has 0 radical (unpaired) electrons. The van der Waals surface area contributed by atoms with Gasteiger partial charge in [0, 0.05) is 25.2 Å². The Morgan fingerprint density at radius 1 is 1.09 bits per heavy atom. The molecule has 3 N–H and O–H groups in total. The number of nitrogens with zero attached hydrogens (tertiary/aromatic N) is 1. The first-order valence-electron chi connectivity index (χ1n) is 8.34. The Morgan fingerprint density at radius 2 is 1.59 bits per heavy atom. The van der Waals surface area contributed by atoms with E-state index in [1.54, 1.807) is 4.31 Å². The molecule has 0 aromatic heterocycles. The Morgan fingerprint density at radius 3 is 2.09 bits per heavy atom. The molecule has 1 saturated heterocycles. The van der Waals surface area contributed by atoms with Gasteiger partial charge in [-0.25, -0.2) is 4.72 Å². The molecule has 0 aromatic rings. The van der Waals surface area contributed by atoms with Crippen LogP contribution in [-0.4, -0.2) is 37.9 Å². The summed E-state index contributed by atoms with van der Waals surface area (Å²) in [5.74, 6) is 0.852. The Hall–Kier alpha value is 0.120. The second-order valence-electron chi connectivity index (χ2n) is 7.37. The molecule has 1 aliphatic heterocycles. The molecule has 1 saturated carbocycles. The molecular weight excluding hydrogens is 322 g/mol. The molecule has 2 fully saturated rings. The molecule has 1 heterocycles. The first-order chi connectivity index (χ1) is 9.81. The minimum atomic E-state index is -3.40. The molecule has 0 bridgehead atoms. The van der Waals surface area contributed by atoms with Gasteiger partial charge in [0.2, 0.25) is 0 Å². The number of rotatable bonds is 4. The van der Waals surface area contributed by atoms with Crippen LogP contribution in [0.5, 0.6) is 0 Å². The number of piperidine rings is 1. The summed E-state index contributed by atoms with van der Waals surface area (Å²) in [6.45, 7) is 5.85. The molecule has 0 aromatic carbocycles. The van der Waals surface area contributed by atoms with Gasteiger partial charge < -0.3 is 5.73 Å². The zero-order chi connectivity index (χ0) is 15.5. The fraction of sp³-hybridized carbons (Fsp3) is 1.00. The van der Waals surface area contributed by atoms with Crippen molar-refractivity contribution < 1.29 is 8.42 Å². The van der Waals surface area contributed by atoms with Gasteiger partial charge in [-0.05, 0) is 31.1 Å². The molecule has 0 amide bonds. The molecule has 2 rings (SSSR count). The van der Waals surface area contributed by atoms with E-state index >= 15 is 0 Å². The average Bonchev–Trinajstić information content (AvgIpc) is 2.61. The standard InChI is InChI=1S/C15H31N3O2S.ClH/c1-13-9-14(2)11-18(10-13)21(19,20)17-12-15(16)7-5-3-4-6-8-15;/h13-14,17H,3-12,16H2,1-2H3;1H. The Labute approximate surface area is 142 Å². The van der Waals surface area contributed by atoms with Gasteiger partial charge in [-0.1, -0.05) is 39.5 Å². The Bertz CT molecular complexity index is 426. The summed E-state index contributed by atoms with van der Waals surface area (Å²) in [7, 11) is -3.40. The molecular formula is C15H32ClN3O2S. The van der Waals surface area contributed by atoms with Crippen LogP contribution in [0.1, 0.15) is 58.8 Å². The van der Waals surface area contributed by atoms with Gasteiger partial charge in [0.05, 0.1) is 0 Å². The Balaban J connectivity index is 0.00000242. The van der Waals surface area contributed by atoms with Crippen LogP contribution in [0, 0.1) is 11.8 Å². The van der Waals surface area contributed by atoms with Crippen molar-refractivity contribution in [2.24, 2.45) is 17.6 Å². The zero-order valence-electron chi connectivity index (χ0n) is 13.9. The number of nitrogens with one attached hydrogen (secondary N) is 1. The normalized spacial score (nSPS) is 30.3. The highest BCUT2D eigenvalue weighted by atomic mass is 35.5. The van der Waals surface area contributed by atoms with Crippen LogP contribution in [0.15, 0.2) is 0 Å². The van der Waals surface area contributed by atoms with Crippen molar-refractivity contribution in [3.05, 3.63) is 0 Å². The summed E-state index contributed by atoms with van der Waals surface area (Å²) in [6.07, 6.45) is 7.59. The topological polar surface area (TPSA) is 75.4 Å². The first kappa shape index (κ1) is 20.2. The van der Waals surface area contributed by atoms with Crippen molar-refractivity contribution >= 4 is 22.6 Å². The number of hydrogen-bond acceptors (Lipinski definition) is 3. The molecule has 1 aliphatic carbocycles. The van der Waals surface area contributed by atoms with Crippen molar-refractivity contribution in [2.45, 2.75) is 64.3 Å². The second kappa shape index (κ2) is 8.29. The monoisotopic (exact) mass is 353 g/mol. The lowest BCUT2D eigenvalue weighted by Crippen LogP contribution is -2.54. The van der Waals surface area contributed by atoms with Crippen LogP contribution in [0.25, 0.3) is 0 Å². The summed E-state index contributed by atoms with van der Waals surface area (Å²) >= 11 is 0. The molecule has 22 heavy (non-hydrogen) atoms. The average molecular weight is 354 g/mol. The van der Waals surface area contributed by atoms with Gasteiger partial charge in [0.15, 0.2) is 0 Å². The fourth-order valence-electron chi connectivity index (χ4n) is 3.74. The quantitative estimate of drug-likeness (QED) is 0.761. The van der Waals surface area contributed by atoms with Gasteiger partial charge in [-0.3, -0.25) is 0 Å². The van der Waals surface area contributed by atoms with E-state index in [1.165, 1.54) is 12.8 Å². The third kappa shape index (κ3) is 5.64. The van der Waals surface area contributed by atoms with Crippen LogP contribution in [-0.2, 0) is 10.2 Å². The molecule has 132 valence electrons. The maximum Gasteiger partial charge on any atom is 0.279 e. The van der Waals surface area contributed by atoms with Crippen LogP contribution >= 0.6 is 12.4 Å². The minimum Gasteiger partial charge on any atom is -0.324 e. The largest absolute Gasteiger partial charge is 0.324 e. The van der Waals surface area contributed by atoms with Crippen molar-refractivity contribution in [2.75, 3.05) is 19.6 Å². The lowest BCUT2D eigenvalue weighted by molar-refractivity contribution is 0.219. The predicted octanol–water partition coefficient (Wildman–Crippen LogP) is 2.27. The van der Waals surface area contributed by atoms with Gasteiger partial charge in [-0.15, -0.1) is 12.4 Å². The summed E-state index contributed by atoms with van der Waals surface area (Å²) in [4.78, 5) is 0. The first-order valence-corrected chi connectivity index (χ1v) is 9.78. The minimum absolute atomic E-state index is 0. The summed E-state index contributed by atoms with van der Waals surface area (Å²) in [5.41, 5.74) is 6.04. The third-order valence-electron chi connectivity index (χ3n) is 4.88. The maximum atomic E-state index is 12.5. The van der Waals surface area contributed by atoms with E-state index in [4.69, 9.17) is 5.73 Å². The smallest absolute Gasteiger partial charge is 0.279 e. The van der Waals surface area contributed by atoms with E-state index in [2.05, 4.69) is 18.6 Å². The van der Waals surface area contributed by atoms with E-state index in [0.717, 1.165) is 32.1 Å². The summed E-state index contributed by atoms with van der Waals surface area (Å²) in [5, 5.41) is 0. The Kier molecular flexibility index (Phi) is 7.60. The highest BCUT2D eigenvalue weighted by Crippen LogP contribution is 2.26. The van der Waals surface area contributed by atoms with Crippen LogP contribution in [0.4, 0.5) is 0 Å². The van der Waals surface area contributed by atoms with E-state index in [-0.39, 0.29) is 17.9 Å². The number of hydrogen-bond donors (Lipinski definition) is 2. The fourth-order valence-corrected chi connectivity index (χ4v) is 5.29. The lowest BCUT2D eigenvalue weighted by Gasteiger charge is -2.35. The van der Waals surface area contributed by atoms with Crippen LogP contribution in [0.2, 0.25) is 0 Å². The van der Waals surface area contributed by atoms with Gasteiger partial charge in [0.25, 0.3) is 10.2 Å². The molecule has 0 spiro atoms. The molecule has 5 nitrogen and oxygen atoms in total. The molecule has 2 aliphatic rings. The molecule has 2 atom stereocenters. The van der Waals surface area contributed by atoms with Gasteiger partial charge >= 0.3 is 0 Å². The van der Waals surface area contributed by atoms with Gasteiger partial charge in [0.1, 0.15) is 0 Å². The van der Waals surface area contributed by atoms with Gasteiger partial charge in [-0.2, -0.15) is 12.7 Å². The summed E-state index contributed by atoms with van der Waals surface area (Å²) in [6, 6.07) is 0. The number of nitrogens with two attached hydrogens (primary N) is 1. The highest BCUT2D eigenvalue weighted by molar-refractivity contribution is 7.87. The van der Waals surface area contributed by atoms with E-state index in [0.29, 0.717) is 31.5 Å². The lowest BCUT2D eigenvalue weighted by atomic mass is 9.92. The zero-order valence-corrected chi connectivity index (χ0v) is 15.5. The second-order valence-corrected chi connectivity index (χ2v) is 9.12. The third-order valence-corrected chi connectivity index (χ3v) is 6.37. The number of halogens is 1. The molecule has 7 heteroatoms. The highest BCUT2D eigenvalue weighted by Gasteiger charge is 2.33. The SMILES string of the molecule is CC1CC(C)CN(S(=O)(=O)NCC2(N)CCCCCC2)C1.Cl. The van der Waals surface area contributed by atoms with E-state index in [1.807, 2.05) is 0 Å². The maximum absolute atomic E-state index is 12.5. The predicted molar refractivity (Wildman–Crippen MR) is 93.3 cm³/mol. The van der Waals surface area contributed by atoms with Crippen molar-refractivity contribution in [3.63, 3.8) is 0 Å². The van der Waals surface area contributed by atoms with Crippen molar-refractivity contribution in [1.29, 1.82) is 0 Å².